The van der Waals surface area contributed by atoms with E-state index in [0.717, 1.165) is 18.7 Å². The van der Waals surface area contributed by atoms with E-state index in [1.165, 1.54) is 25.7 Å². The van der Waals surface area contributed by atoms with E-state index in [1.807, 2.05) is 6.20 Å². The Morgan fingerprint density at radius 1 is 1.35 bits per heavy atom. The molecule has 17 heavy (non-hydrogen) atoms. The molecule has 0 bridgehead atoms. The van der Waals surface area contributed by atoms with Crippen LogP contribution in [-0.2, 0) is 0 Å². The van der Waals surface area contributed by atoms with Crippen molar-refractivity contribution in [1.82, 2.24) is 9.88 Å². The third-order valence-corrected chi connectivity index (χ3v) is 3.61. The predicted molar refractivity (Wildman–Crippen MR) is 66.2 cm³/mol. The number of aromatic nitrogens is 1. The molecule has 4 heteroatoms. The fourth-order valence-corrected chi connectivity index (χ4v) is 2.47. The van der Waals surface area contributed by atoms with Crippen molar-refractivity contribution in [3.63, 3.8) is 0 Å². The zero-order valence-corrected chi connectivity index (χ0v) is 10.3. The van der Waals surface area contributed by atoms with Crippen molar-refractivity contribution in [1.29, 1.82) is 0 Å². The van der Waals surface area contributed by atoms with Crippen LogP contribution in [0.1, 0.15) is 54.7 Å². The monoisotopic (exact) mass is 236 g/mol. The van der Waals surface area contributed by atoms with Crippen LogP contribution in [0.15, 0.2) is 12.3 Å². The van der Waals surface area contributed by atoms with Crippen molar-refractivity contribution in [3.05, 3.63) is 23.5 Å². The van der Waals surface area contributed by atoms with Crippen LogP contribution in [0.3, 0.4) is 0 Å². The second-order valence-corrected chi connectivity index (χ2v) is 4.78. The van der Waals surface area contributed by atoms with E-state index in [9.17, 15) is 4.79 Å². The van der Waals surface area contributed by atoms with Crippen molar-refractivity contribution >= 4 is 5.97 Å². The standard InChI is InChI=1S/C13H20N2O2/c1-10(15-6-4-2-3-5-7-15)11-8-12(13(16)17)14-9-11/h8-10,14H,2-7H2,1H3,(H,16,17). The molecular formula is C13H20N2O2. The van der Waals surface area contributed by atoms with E-state index in [4.69, 9.17) is 5.11 Å². The lowest BCUT2D eigenvalue weighted by molar-refractivity contribution is 0.0691. The van der Waals surface area contributed by atoms with Crippen LogP contribution in [0.4, 0.5) is 0 Å². The van der Waals surface area contributed by atoms with Gasteiger partial charge in [-0.25, -0.2) is 4.79 Å². The molecule has 0 saturated carbocycles. The minimum absolute atomic E-state index is 0.279. The summed E-state index contributed by atoms with van der Waals surface area (Å²) in [5.41, 5.74) is 1.35. The number of likely N-dealkylation sites (tertiary alicyclic amines) is 1. The van der Waals surface area contributed by atoms with Crippen LogP contribution in [0.25, 0.3) is 0 Å². The van der Waals surface area contributed by atoms with Gasteiger partial charge in [0.05, 0.1) is 0 Å². The highest BCUT2D eigenvalue weighted by Crippen LogP contribution is 2.24. The van der Waals surface area contributed by atoms with Gasteiger partial charge in [-0.1, -0.05) is 12.8 Å². The van der Waals surface area contributed by atoms with Gasteiger partial charge in [0, 0.05) is 12.2 Å². The summed E-state index contributed by atoms with van der Waals surface area (Å²) in [6, 6.07) is 2.05. The largest absolute Gasteiger partial charge is 0.477 e. The predicted octanol–water partition coefficient (Wildman–Crippen LogP) is 2.65. The number of carboxylic acids is 1. The van der Waals surface area contributed by atoms with Crippen LogP contribution in [0.2, 0.25) is 0 Å². The minimum Gasteiger partial charge on any atom is -0.477 e. The van der Waals surface area contributed by atoms with Crippen molar-refractivity contribution in [2.75, 3.05) is 13.1 Å². The molecule has 1 atom stereocenters. The fourth-order valence-electron chi connectivity index (χ4n) is 2.47. The first-order chi connectivity index (χ1) is 8.18. The number of hydrogen-bond acceptors (Lipinski definition) is 2. The van der Waals surface area contributed by atoms with Gasteiger partial charge in [0.15, 0.2) is 0 Å². The number of H-pyrrole nitrogens is 1. The third-order valence-electron chi connectivity index (χ3n) is 3.61. The maximum atomic E-state index is 10.8. The average Bonchev–Trinajstić information content (AvgIpc) is 2.65. The zero-order chi connectivity index (χ0) is 12.3. The Morgan fingerprint density at radius 2 is 2.00 bits per heavy atom. The topological polar surface area (TPSA) is 56.3 Å². The SMILES string of the molecule is CC(c1c[nH]c(C(=O)O)c1)N1CCCCCC1. The summed E-state index contributed by atoms with van der Waals surface area (Å²) in [4.78, 5) is 16.1. The van der Waals surface area contributed by atoms with Gasteiger partial charge in [0.2, 0.25) is 0 Å². The average molecular weight is 236 g/mol. The van der Waals surface area contributed by atoms with Crippen LogP contribution < -0.4 is 0 Å². The van der Waals surface area contributed by atoms with E-state index in [2.05, 4.69) is 16.8 Å². The second kappa shape index (κ2) is 5.36. The van der Waals surface area contributed by atoms with Crippen LogP contribution in [-0.4, -0.2) is 34.0 Å². The molecule has 1 fully saturated rings. The fraction of sp³-hybridized carbons (Fsp3) is 0.615. The third kappa shape index (κ3) is 2.88. The molecule has 1 saturated heterocycles. The Kier molecular flexibility index (Phi) is 3.84. The normalized spacial score (nSPS) is 19.8. The molecule has 2 heterocycles. The summed E-state index contributed by atoms with van der Waals surface area (Å²) in [6.07, 6.45) is 6.95. The number of aromatic amines is 1. The van der Waals surface area contributed by atoms with E-state index in [-0.39, 0.29) is 5.69 Å². The van der Waals surface area contributed by atoms with Crippen LogP contribution >= 0.6 is 0 Å². The second-order valence-electron chi connectivity index (χ2n) is 4.78. The summed E-state index contributed by atoms with van der Waals surface area (Å²) in [5.74, 6) is -0.890. The van der Waals surface area contributed by atoms with Gasteiger partial charge in [-0.3, -0.25) is 4.90 Å². The quantitative estimate of drug-likeness (QED) is 0.848. The van der Waals surface area contributed by atoms with Crippen LogP contribution in [0.5, 0.6) is 0 Å². The Balaban J connectivity index is 2.06. The van der Waals surface area contributed by atoms with Crippen molar-refractivity contribution in [2.45, 2.75) is 38.6 Å². The minimum atomic E-state index is -0.890. The number of carboxylic acid groups (broad SMARTS) is 1. The first-order valence-corrected chi connectivity index (χ1v) is 6.34. The molecule has 1 aromatic heterocycles. The molecule has 0 radical (unpaired) electrons. The van der Waals surface area contributed by atoms with Gasteiger partial charge in [-0.15, -0.1) is 0 Å². The summed E-state index contributed by atoms with van der Waals surface area (Å²) in [6.45, 7) is 4.39. The van der Waals surface area contributed by atoms with Crippen molar-refractivity contribution in [2.24, 2.45) is 0 Å². The van der Waals surface area contributed by atoms with Gasteiger partial charge < -0.3 is 10.1 Å². The highest BCUT2D eigenvalue weighted by molar-refractivity contribution is 5.85. The molecule has 0 aliphatic carbocycles. The molecule has 0 aromatic carbocycles. The molecule has 1 aliphatic rings. The molecule has 4 nitrogen and oxygen atoms in total. The van der Waals surface area contributed by atoms with Gasteiger partial charge in [0.1, 0.15) is 5.69 Å². The highest BCUT2D eigenvalue weighted by atomic mass is 16.4. The molecule has 2 N–H and O–H groups in total. The molecule has 2 rings (SSSR count). The van der Waals surface area contributed by atoms with E-state index in [0.29, 0.717) is 6.04 Å². The summed E-state index contributed by atoms with van der Waals surface area (Å²) in [5, 5.41) is 8.89. The summed E-state index contributed by atoms with van der Waals surface area (Å²) < 4.78 is 0. The summed E-state index contributed by atoms with van der Waals surface area (Å²) >= 11 is 0. The smallest absolute Gasteiger partial charge is 0.352 e. The molecule has 1 unspecified atom stereocenters. The lowest BCUT2D eigenvalue weighted by atomic mass is 10.1. The first kappa shape index (κ1) is 12.2. The maximum absolute atomic E-state index is 10.8. The van der Waals surface area contributed by atoms with Gasteiger partial charge in [-0.2, -0.15) is 0 Å². The highest BCUT2D eigenvalue weighted by Gasteiger charge is 2.19. The molecule has 0 spiro atoms. The lowest BCUT2D eigenvalue weighted by Crippen LogP contribution is -2.27. The molecule has 0 amide bonds. The van der Waals surface area contributed by atoms with E-state index >= 15 is 0 Å². The van der Waals surface area contributed by atoms with Gasteiger partial charge in [0.25, 0.3) is 0 Å². The van der Waals surface area contributed by atoms with Crippen LogP contribution in [0, 0.1) is 0 Å². The van der Waals surface area contributed by atoms with E-state index < -0.39 is 5.97 Å². The Morgan fingerprint density at radius 3 is 2.53 bits per heavy atom. The molecule has 1 aliphatic heterocycles. The first-order valence-electron chi connectivity index (χ1n) is 6.34. The number of rotatable bonds is 3. The molecule has 94 valence electrons. The Bertz CT molecular complexity index is 379. The molecular weight excluding hydrogens is 216 g/mol. The zero-order valence-electron chi connectivity index (χ0n) is 10.3. The number of hydrogen-bond donors (Lipinski definition) is 2. The van der Waals surface area contributed by atoms with E-state index in [1.54, 1.807) is 6.07 Å². The Labute approximate surface area is 102 Å². The van der Waals surface area contributed by atoms with Gasteiger partial charge >= 0.3 is 5.97 Å². The van der Waals surface area contributed by atoms with Crippen molar-refractivity contribution in [3.8, 4) is 0 Å². The number of carbonyl (C=O) groups is 1. The maximum Gasteiger partial charge on any atom is 0.352 e. The Hall–Kier alpha value is -1.29. The summed E-state index contributed by atoms with van der Waals surface area (Å²) in [7, 11) is 0. The number of aromatic carboxylic acids is 1. The van der Waals surface area contributed by atoms with Crippen molar-refractivity contribution < 1.29 is 9.90 Å². The lowest BCUT2D eigenvalue weighted by Gasteiger charge is -2.26. The number of nitrogens with zero attached hydrogens (tertiary/aromatic N) is 1. The molecule has 1 aromatic rings. The van der Waals surface area contributed by atoms with Gasteiger partial charge in [-0.05, 0) is 44.5 Å². The number of nitrogens with one attached hydrogen (secondary N) is 1.